The predicted octanol–water partition coefficient (Wildman–Crippen LogP) is 0.485. The highest BCUT2D eigenvalue weighted by atomic mass is 32.2. The number of aromatic nitrogens is 3. The van der Waals surface area contributed by atoms with E-state index >= 15 is 0 Å². The maximum atomic E-state index is 11.7. The van der Waals surface area contributed by atoms with Crippen LogP contribution in [0.15, 0.2) is 6.20 Å². The quantitative estimate of drug-likeness (QED) is 0.800. The molecule has 2 aliphatic rings. The van der Waals surface area contributed by atoms with E-state index in [1.165, 1.54) is 12.8 Å². The summed E-state index contributed by atoms with van der Waals surface area (Å²) in [7, 11) is -2.91. The molecule has 0 aliphatic carbocycles. The van der Waals surface area contributed by atoms with Gasteiger partial charge in [0.25, 0.3) is 0 Å². The first kappa shape index (κ1) is 14.5. The van der Waals surface area contributed by atoms with Gasteiger partial charge >= 0.3 is 0 Å². The second kappa shape index (κ2) is 5.75. The molecule has 116 valence electrons. The van der Waals surface area contributed by atoms with Crippen molar-refractivity contribution in [1.82, 2.24) is 15.2 Å². The standard InChI is InChI=1S/C13H21N5O2S/c1-2-18(11-5-8-21(19,20)10-11)13-15-12(9-14-16-13)17-6-3-4-7-17/h9,11H,2-8,10H2,1H3. The lowest BCUT2D eigenvalue weighted by atomic mass is 10.2. The van der Waals surface area contributed by atoms with E-state index in [0.717, 1.165) is 18.9 Å². The first-order chi connectivity index (χ1) is 10.1. The number of hydrogen-bond acceptors (Lipinski definition) is 7. The minimum atomic E-state index is -2.91. The Morgan fingerprint density at radius 2 is 2.14 bits per heavy atom. The number of hydrogen-bond donors (Lipinski definition) is 0. The van der Waals surface area contributed by atoms with Crippen molar-refractivity contribution >= 4 is 21.6 Å². The third-order valence-electron chi connectivity index (χ3n) is 4.21. The van der Waals surface area contributed by atoms with Gasteiger partial charge in [-0.05, 0) is 26.2 Å². The van der Waals surface area contributed by atoms with Crippen LogP contribution in [0, 0.1) is 0 Å². The van der Waals surface area contributed by atoms with Gasteiger partial charge in [0.1, 0.15) is 0 Å². The van der Waals surface area contributed by atoms with Crippen LogP contribution in [-0.2, 0) is 9.84 Å². The smallest absolute Gasteiger partial charge is 0.247 e. The van der Waals surface area contributed by atoms with E-state index in [9.17, 15) is 8.42 Å². The second-order valence-electron chi connectivity index (χ2n) is 5.65. The molecule has 1 unspecified atom stereocenters. The molecule has 0 spiro atoms. The van der Waals surface area contributed by atoms with E-state index < -0.39 is 9.84 Å². The molecule has 2 aliphatic heterocycles. The molecule has 0 bridgehead atoms. The first-order valence-electron chi connectivity index (χ1n) is 7.51. The van der Waals surface area contributed by atoms with Gasteiger partial charge < -0.3 is 9.80 Å². The van der Waals surface area contributed by atoms with Gasteiger partial charge in [-0.1, -0.05) is 0 Å². The van der Waals surface area contributed by atoms with E-state index in [4.69, 9.17) is 0 Å². The van der Waals surface area contributed by atoms with Crippen molar-refractivity contribution in [3.63, 3.8) is 0 Å². The third kappa shape index (κ3) is 3.09. The highest BCUT2D eigenvalue weighted by Crippen LogP contribution is 2.23. The maximum Gasteiger partial charge on any atom is 0.247 e. The van der Waals surface area contributed by atoms with Gasteiger partial charge in [-0.3, -0.25) is 0 Å². The molecule has 0 N–H and O–H groups in total. The van der Waals surface area contributed by atoms with Crippen molar-refractivity contribution in [2.24, 2.45) is 0 Å². The van der Waals surface area contributed by atoms with Crippen LogP contribution in [-0.4, -0.2) is 60.8 Å². The van der Waals surface area contributed by atoms with Crippen LogP contribution < -0.4 is 9.80 Å². The molecule has 21 heavy (non-hydrogen) atoms. The SMILES string of the molecule is CCN(c1nncc(N2CCCC2)n1)C1CCS(=O)(=O)C1. The molecular weight excluding hydrogens is 290 g/mol. The highest BCUT2D eigenvalue weighted by Gasteiger charge is 2.33. The number of rotatable bonds is 4. The summed E-state index contributed by atoms with van der Waals surface area (Å²) in [5.41, 5.74) is 0. The molecule has 3 heterocycles. The lowest BCUT2D eigenvalue weighted by Gasteiger charge is -2.27. The van der Waals surface area contributed by atoms with Crippen LogP contribution >= 0.6 is 0 Å². The highest BCUT2D eigenvalue weighted by molar-refractivity contribution is 7.91. The normalized spacial score (nSPS) is 24.4. The average molecular weight is 311 g/mol. The van der Waals surface area contributed by atoms with Crippen molar-refractivity contribution in [2.75, 3.05) is 40.9 Å². The minimum Gasteiger partial charge on any atom is -0.355 e. The summed E-state index contributed by atoms with van der Waals surface area (Å²) in [5, 5.41) is 8.18. The topological polar surface area (TPSA) is 79.3 Å². The molecule has 2 saturated heterocycles. The van der Waals surface area contributed by atoms with Gasteiger partial charge in [0.2, 0.25) is 5.95 Å². The van der Waals surface area contributed by atoms with Crippen LogP contribution in [0.1, 0.15) is 26.2 Å². The van der Waals surface area contributed by atoms with Crippen LogP contribution in [0.25, 0.3) is 0 Å². The summed E-state index contributed by atoms with van der Waals surface area (Å²) in [5.74, 6) is 1.84. The molecule has 1 aromatic heterocycles. The van der Waals surface area contributed by atoms with Gasteiger partial charge in [-0.15, -0.1) is 5.10 Å². The summed E-state index contributed by atoms with van der Waals surface area (Å²) in [6.45, 7) is 4.69. The van der Waals surface area contributed by atoms with Gasteiger partial charge in [-0.25, -0.2) is 8.42 Å². The van der Waals surface area contributed by atoms with Crippen molar-refractivity contribution in [3.05, 3.63) is 6.20 Å². The first-order valence-corrected chi connectivity index (χ1v) is 9.33. The molecule has 0 saturated carbocycles. The lowest BCUT2D eigenvalue weighted by molar-refractivity contribution is 0.598. The molecule has 3 rings (SSSR count). The van der Waals surface area contributed by atoms with Crippen LogP contribution in [0.4, 0.5) is 11.8 Å². The summed E-state index contributed by atoms with van der Waals surface area (Å²) in [4.78, 5) is 8.78. The van der Waals surface area contributed by atoms with Gasteiger partial charge in [0.15, 0.2) is 15.7 Å². The van der Waals surface area contributed by atoms with E-state index in [-0.39, 0.29) is 17.5 Å². The largest absolute Gasteiger partial charge is 0.355 e. The molecule has 2 fully saturated rings. The Bertz CT molecular complexity index is 600. The van der Waals surface area contributed by atoms with E-state index in [1.807, 2.05) is 11.8 Å². The summed E-state index contributed by atoms with van der Waals surface area (Å²) < 4.78 is 23.4. The summed E-state index contributed by atoms with van der Waals surface area (Å²) >= 11 is 0. The Balaban J connectivity index is 1.82. The summed E-state index contributed by atoms with van der Waals surface area (Å²) in [6, 6.07) is -0.0318. The Morgan fingerprint density at radius 3 is 2.76 bits per heavy atom. The molecular formula is C13H21N5O2S. The predicted molar refractivity (Wildman–Crippen MR) is 81.4 cm³/mol. The maximum absolute atomic E-state index is 11.7. The third-order valence-corrected chi connectivity index (χ3v) is 5.96. The number of nitrogens with zero attached hydrogens (tertiary/aromatic N) is 5. The molecule has 1 atom stereocenters. The molecule has 7 nitrogen and oxygen atoms in total. The van der Waals surface area contributed by atoms with Crippen molar-refractivity contribution in [2.45, 2.75) is 32.2 Å². The Kier molecular flexibility index (Phi) is 3.97. The zero-order chi connectivity index (χ0) is 14.9. The van der Waals surface area contributed by atoms with Gasteiger partial charge in [0.05, 0.1) is 17.7 Å². The van der Waals surface area contributed by atoms with E-state index in [1.54, 1.807) is 6.20 Å². The molecule has 8 heteroatoms. The van der Waals surface area contributed by atoms with Crippen molar-refractivity contribution < 1.29 is 8.42 Å². The molecule has 0 radical (unpaired) electrons. The fourth-order valence-corrected chi connectivity index (χ4v) is 4.82. The molecule has 1 aromatic rings. The number of anilines is 2. The van der Waals surface area contributed by atoms with E-state index in [0.29, 0.717) is 18.9 Å². The van der Waals surface area contributed by atoms with Crippen molar-refractivity contribution in [3.8, 4) is 0 Å². The summed E-state index contributed by atoms with van der Waals surface area (Å²) in [6.07, 6.45) is 4.69. The Morgan fingerprint density at radius 1 is 1.38 bits per heavy atom. The minimum absolute atomic E-state index is 0.0318. The fourth-order valence-electron chi connectivity index (χ4n) is 3.09. The van der Waals surface area contributed by atoms with Crippen molar-refractivity contribution in [1.29, 1.82) is 0 Å². The van der Waals surface area contributed by atoms with Gasteiger partial charge in [0, 0.05) is 25.7 Å². The van der Waals surface area contributed by atoms with Crippen LogP contribution in [0.2, 0.25) is 0 Å². The zero-order valence-electron chi connectivity index (χ0n) is 12.3. The monoisotopic (exact) mass is 311 g/mol. The van der Waals surface area contributed by atoms with Crippen LogP contribution in [0.3, 0.4) is 0 Å². The fraction of sp³-hybridized carbons (Fsp3) is 0.769. The van der Waals surface area contributed by atoms with Crippen LogP contribution in [0.5, 0.6) is 0 Å². The van der Waals surface area contributed by atoms with E-state index in [2.05, 4.69) is 20.1 Å². The lowest BCUT2D eigenvalue weighted by Crippen LogP contribution is -2.38. The Labute approximate surface area is 125 Å². The zero-order valence-corrected chi connectivity index (χ0v) is 13.1. The molecule has 0 amide bonds. The second-order valence-corrected chi connectivity index (χ2v) is 7.88. The average Bonchev–Trinajstić information content (AvgIpc) is 3.10. The molecule has 0 aromatic carbocycles. The van der Waals surface area contributed by atoms with Gasteiger partial charge in [-0.2, -0.15) is 10.1 Å². The number of sulfone groups is 1. The Hall–Kier alpha value is -1.44.